The van der Waals surface area contributed by atoms with Crippen LogP contribution in [0.25, 0.3) is 0 Å². The smallest absolute Gasteiger partial charge is 0.314 e. The number of ether oxygens (including phenoxy) is 1. The number of carboxylic acids is 1. The summed E-state index contributed by atoms with van der Waals surface area (Å²) in [5.74, 6) is 0.103. The van der Waals surface area contributed by atoms with E-state index in [0.717, 1.165) is 61.0 Å². The molecule has 4 nitrogen and oxygen atoms in total. The van der Waals surface area contributed by atoms with Crippen molar-refractivity contribution < 1.29 is 14.6 Å². The molecule has 1 saturated carbocycles. The second-order valence-electron chi connectivity index (χ2n) is 6.55. The van der Waals surface area contributed by atoms with Crippen LogP contribution in [0, 0.1) is 0 Å². The van der Waals surface area contributed by atoms with Crippen LogP contribution in [0.2, 0.25) is 0 Å². The fraction of sp³-hybridized carbons (Fsp3) is 0.588. The lowest BCUT2D eigenvalue weighted by Gasteiger charge is -2.37. The van der Waals surface area contributed by atoms with Crippen molar-refractivity contribution in [3.05, 3.63) is 28.2 Å². The van der Waals surface area contributed by atoms with Crippen molar-refractivity contribution in [2.24, 2.45) is 0 Å². The standard InChI is InChI=1S/C17H22BrNO3/c1-19-10-13(11-19)22-15-6-5-12(9-14(15)18)17(16(20)21)7-3-2-4-8-17/h5-6,9,13H,2-4,7-8,10-11H2,1H3,(H,20,21). The summed E-state index contributed by atoms with van der Waals surface area (Å²) in [5.41, 5.74) is 0.167. The van der Waals surface area contributed by atoms with Gasteiger partial charge in [0.2, 0.25) is 0 Å². The molecule has 0 aromatic heterocycles. The Balaban J connectivity index is 1.82. The highest BCUT2D eigenvalue weighted by Crippen LogP contribution is 2.42. The van der Waals surface area contributed by atoms with Gasteiger partial charge in [0.25, 0.3) is 0 Å². The minimum absolute atomic E-state index is 0.232. The zero-order valence-electron chi connectivity index (χ0n) is 12.8. The molecule has 0 atom stereocenters. The van der Waals surface area contributed by atoms with Crippen LogP contribution in [-0.2, 0) is 10.2 Å². The van der Waals surface area contributed by atoms with Crippen molar-refractivity contribution >= 4 is 21.9 Å². The minimum atomic E-state index is -0.726. The molecule has 1 aliphatic carbocycles. The number of nitrogens with zero attached hydrogens (tertiary/aromatic N) is 1. The Bertz CT molecular complexity index is 563. The molecule has 2 fully saturated rings. The molecule has 1 aromatic carbocycles. The number of aliphatic carboxylic acids is 1. The summed E-state index contributed by atoms with van der Waals surface area (Å²) in [6.07, 6.45) is 4.78. The zero-order chi connectivity index (χ0) is 15.7. The topological polar surface area (TPSA) is 49.8 Å². The summed E-state index contributed by atoms with van der Waals surface area (Å²) in [6, 6.07) is 5.79. The van der Waals surface area contributed by atoms with E-state index in [1.54, 1.807) is 0 Å². The zero-order valence-corrected chi connectivity index (χ0v) is 14.4. The van der Waals surface area contributed by atoms with Crippen molar-refractivity contribution in [1.82, 2.24) is 4.90 Å². The molecule has 2 aliphatic rings. The molecule has 1 heterocycles. The molecule has 1 saturated heterocycles. The lowest BCUT2D eigenvalue weighted by molar-refractivity contribution is -0.145. The summed E-state index contributed by atoms with van der Waals surface area (Å²) in [7, 11) is 2.07. The van der Waals surface area contributed by atoms with E-state index >= 15 is 0 Å². The van der Waals surface area contributed by atoms with Gasteiger partial charge in [0.15, 0.2) is 0 Å². The van der Waals surface area contributed by atoms with E-state index in [0.29, 0.717) is 0 Å². The minimum Gasteiger partial charge on any atom is -0.487 e. The average Bonchev–Trinajstić information content (AvgIpc) is 2.48. The molecule has 0 spiro atoms. The third kappa shape index (κ3) is 2.88. The Morgan fingerprint density at radius 3 is 2.55 bits per heavy atom. The van der Waals surface area contributed by atoms with Gasteiger partial charge in [0.05, 0.1) is 9.89 Å². The Morgan fingerprint density at radius 1 is 1.32 bits per heavy atom. The van der Waals surface area contributed by atoms with Gasteiger partial charge in [-0.3, -0.25) is 9.69 Å². The van der Waals surface area contributed by atoms with Crippen LogP contribution in [-0.4, -0.2) is 42.2 Å². The highest BCUT2D eigenvalue weighted by Gasteiger charge is 2.41. The van der Waals surface area contributed by atoms with Gasteiger partial charge in [-0.15, -0.1) is 0 Å². The monoisotopic (exact) mass is 367 g/mol. The highest BCUT2D eigenvalue weighted by molar-refractivity contribution is 9.10. The molecule has 0 unspecified atom stereocenters. The van der Waals surface area contributed by atoms with Gasteiger partial charge < -0.3 is 9.84 Å². The SMILES string of the molecule is CN1CC(Oc2ccc(C3(C(=O)O)CCCCC3)cc2Br)C1. The summed E-state index contributed by atoms with van der Waals surface area (Å²) in [4.78, 5) is 14.1. The Labute approximate surface area is 139 Å². The quantitative estimate of drug-likeness (QED) is 0.885. The second-order valence-corrected chi connectivity index (χ2v) is 7.41. The largest absolute Gasteiger partial charge is 0.487 e. The van der Waals surface area contributed by atoms with Gasteiger partial charge in [0.1, 0.15) is 11.9 Å². The number of carbonyl (C=O) groups is 1. The van der Waals surface area contributed by atoms with Crippen molar-refractivity contribution in [2.75, 3.05) is 20.1 Å². The van der Waals surface area contributed by atoms with Crippen molar-refractivity contribution in [3.63, 3.8) is 0 Å². The molecule has 120 valence electrons. The van der Waals surface area contributed by atoms with Crippen molar-refractivity contribution in [2.45, 2.75) is 43.6 Å². The van der Waals surface area contributed by atoms with E-state index in [9.17, 15) is 9.90 Å². The number of halogens is 1. The molecule has 5 heteroatoms. The van der Waals surface area contributed by atoms with E-state index in [-0.39, 0.29) is 6.10 Å². The van der Waals surface area contributed by atoms with Crippen molar-refractivity contribution in [3.8, 4) is 5.75 Å². The van der Waals surface area contributed by atoms with Crippen LogP contribution in [0.1, 0.15) is 37.7 Å². The first-order chi connectivity index (χ1) is 10.5. The molecule has 1 N–H and O–H groups in total. The summed E-state index contributed by atoms with van der Waals surface area (Å²) in [6.45, 7) is 1.88. The molecule has 1 aliphatic heterocycles. The Morgan fingerprint density at radius 2 is 2.00 bits per heavy atom. The van der Waals surface area contributed by atoms with Gasteiger partial charge in [-0.05, 0) is 53.5 Å². The summed E-state index contributed by atoms with van der Waals surface area (Å²) >= 11 is 3.55. The fourth-order valence-electron chi connectivity index (χ4n) is 3.57. The van der Waals surface area contributed by atoms with Gasteiger partial charge in [-0.2, -0.15) is 0 Å². The van der Waals surface area contributed by atoms with Gasteiger partial charge in [-0.1, -0.05) is 25.3 Å². The van der Waals surface area contributed by atoms with E-state index in [4.69, 9.17) is 4.74 Å². The first-order valence-corrected chi connectivity index (χ1v) is 8.69. The van der Waals surface area contributed by atoms with Gasteiger partial charge in [-0.25, -0.2) is 0 Å². The van der Waals surface area contributed by atoms with Gasteiger partial charge >= 0.3 is 5.97 Å². The van der Waals surface area contributed by atoms with Crippen LogP contribution in [0.5, 0.6) is 5.75 Å². The lowest BCUT2D eigenvalue weighted by Crippen LogP contribution is -2.51. The predicted molar refractivity (Wildman–Crippen MR) is 88.5 cm³/mol. The summed E-state index contributed by atoms with van der Waals surface area (Å²) < 4.78 is 6.80. The molecule has 0 bridgehead atoms. The maximum absolute atomic E-state index is 11.9. The molecular formula is C17H22BrNO3. The number of hydrogen-bond donors (Lipinski definition) is 1. The molecule has 22 heavy (non-hydrogen) atoms. The first-order valence-electron chi connectivity index (χ1n) is 7.90. The van der Waals surface area contributed by atoms with Gasteiger partial charge in [0, 0.05) is 13.1 Å². The molecule has 0 radical (unpaired) electrons. The number of carboxylic acid groups (broad SMARTS) is 1. The number of benzene rings is 1. The predicted octanol–water partition coefficient (Wildman–Crippen LogP) is 3.43. The fourth-order valence-corrected chi connectivity index (χ4v) is 4.04. The van der Waals surface area contributed by atoms with E-state index in [1.165, 1.54) is 0 Å². The van der Waals surface area contributed by atoms with E-state index in [1.807, 2.05) is 18.2 Å². The molecule has 1 aromatic rings. The number of likely N-dealkylation sites (N-methyl/N-ethyl adjacent to an activating group) is 1. The molecule has 3 rings (SSSR count). The van der Waals surface area contributed by atoms with Crippen LogP contribution < -0.4 is 4.74 Å². The first kappa shape index (κ1) is 15.8. The van der Waals surface area contributed by atoms with Crippen LogP contribution in [0.15, 0.2) is 22.7 Å². The second kappa shape index (κ2) is 6.20. The maximum atomic E-state index is 11.9. The van der Waals surface area contributed by atoms with Crippen molar-refractivity contribution in [1.29, 1.82) is 0 Å². The third-order valence-corrected chi connectivity index (χ3v) is 5.54. The van der Waals surface area contributed by atoms with Crippen LogP contribution in [0.3, 0.4) is 0 Å². The number of likely N-dealkylation sites (tertiary alicyclic amines) is 1. The van der Waals surface area contributed by atoms with Crippen LogP contribution >= 0.6 is 15.9 Å². The Hall–Kier alpha value is -1.07. The van der Waals surface area contributed by atoms with E-state index < -0.39 is 11.4 Å². The maximum Gasteiger partial charge on any atom is 0.314 e. The third-order valence-electron chi connectivity index (χ3n) is 4.93. The lowest BCUT2D eigenvalue weighted by atomic mass is 9.69. The summed E-state index contributed by atoms with van der Waals surface area (Å²) in [5, 5.41) is 9.77. The number of rotatable bonds is 4. The van der Waals surface area contributed by atoms with E-state index in [2.05, 4.69) is 27.9 Å². The molecular weight excluding hydrogens is 346 g/mol. The number of hydrogen-bond acceptors (Lipinski definition) is 3. The average molecular weight is 368 g/mol. The molecule has 0 amide bonds. The normalized spacial score (nSPS) is 22.1. The Kier molecular flexibility index (Phi) is 4.46. The van der Waals surface area contributed by atoms with Crippen LogP contribution in [0.4, 0.5) is 0 Å². The highest BCUT2D eigenvalue weighted by atomic mass is 79.9.